The molecule has 21 heavy (non-hydrogen) atoms. The average molecular weight is 314 g/mol. The summed E-state index contributed by atoms with van der Waals surface area (Å²) < 4.78 is 1.54. The van der Waals surface area contributed by atoms with Crippen LogP contribution in [0.5, 0.6) is 0 Å². The predicted molar refractivity (Wildman–Crippen MR) is 82.5 cm³/mol. The van der Waals surface area contributed by atoms with Crippen LogP contribution in [-0.2, 0) is 13.5 Å². The second-order valence-corrected chi connectivity index (χ2v) is 6.25. The maximum absolute atomic E-state index is 12.6. The number of rotatable bonds is 4. The van der Waals surface area contributed by atoms with Crippen LogP contribution in [0.3, 0.4) is 0 Å². The van der Waals surface area contributed by atoms with Crippen LogP contribution in [0.25, 0.3) is 0 Å². The number of carbonyl (C=O) groups excluding carboxylic acids is 1. The molecule has 1 fully saturated rings. The molecule has 2 unspecified atom stereocenters. The first-order chi connectivity index (χ1) is 9.95. The molecule has 2 rings (SSSR count). The van der Waals surface area contributed by atoms with Crippen molar-refractivity contribution in [3.8, 4) is 0 Å². The molecule has 1 amide bonds. The van der Waals surface area contributed by atoms with E-state index < -0.39 is 0 Å². The lowest BCUT2D eigenvalue weighted by atomic mass is 9.86. The highest BCUT2D eigenvalue weighted by Crippen LogP contribution is 2.26. The molecule has 6 heteroatoms. The van der Waals surface area contributed by atoms with Crippen molar-refractivity contribution in [2.24, 2.45) is 13.0 Å². The van der Waals surface area contributed by atoms with Gasteiger partial charge in [0.15, 0.2) is 0 Å². The number of aromatic nitrogens is 2. The van der Waals surface area contributed by atoms with E-state index >= 15 is 0 Å². The highest BCUT2D eigenvalue weighted by molar-refractivity contribution is 6.33. The number of hydrogen-bond acceptors (Lipinski definition) is 3. The summed E-state index contributed by atoms with van der Waals surface area (Å²) >= 11 is 6.21. The summed E-state index contributed by atoms with van der Waals surface area (Å²) in [5.74, 6) is 0.0518. The minimum Gasteiger partial charge on any atom is -0.393 e. The molecular formula is C15H24ClN3O2. The van der Waals surface area contributed by atoms with Crippen LogP contribution in [0, 0.1) is 5.92 Å². The summed E-state index contributed by atoms with van der Waals surface area (Å²) in [4.78, 5) is 14.3. The summed E-state index contributed by atoms with van der Waals surface area (Å²) in [6, 6.07) is 0. The molecule has 118 valence electrons. The third-order valence-electron chi connectivity index (χ3n) is 4.32. The fourth-order valence-electron chi connectivity index (χ4n) is 3.04. The van der Waals surface area contributed by atoms with Crippen molar-refractivity contribution >= 4 is 17.5 Å². The summed E-state index contributed by atoms with van der Waals surface area (Å²) in [5, 5.41) is 14.7. The largest absolute Gasteiger partial charge is 0.393 e. The van der Waals surface area contributed by atoms with Gasteiger partial charge in [0.2, 0.25) is 0 Å². The fourth-order valence-corrected chi connectivity index (χ4v) is 3.27. The summed E-state index contributed by atoms with van der Waals surface area (Å²) in [5.41, 5.74) is 1.22. The number of aliphatic hydroxyl groups excluding tert-OH is 1. The molecule has 0 bridgehead atoms. The lowest BCUT2D eigenvalue weighted by Crippen LogP contribution is -2.38. The van der Waals surface area contributed by atoms with Gasteiger partial charge in [-0.05, 0) is 19.3 Å². The van der Waals surface area contributed by atoms with Gasteiger partial charge in [-0.1, -0.05) is 31.4 Å². The van der Waals surface area contributed by atoms with Gasteiger partial charge in [-0.25, -0.2) is 0 Å². The Kier molecular flexibility index (Phi) is 5.27. The fraction of sp³-hybridized carbons (Fsp3) is 0.733. The van der Waals surface area contributed by atoms with Crippen LogP contribution >= 0.6 is 11.6 Å². The molecular weight excluding hydrogens is 290 g/mol. The molecule has 0 aliphatic heterocycles. The van der Waals surface area contributed by atoms with Crippen LogP contribution in [0.1, 0.15) is 48.7 Å². The SMILES string of the molecule is CCc1nn(C)c(Cl)c1C(=O)N(C)CC1CCCCC1O. The first-order valence-electron chi connectivity index (χ1n) is 7.60. The van der Waals surface area contributed by atoms with Crippen molar-refractivity contribution in [1.82, 2.24) is 14.7 Å². The minimum atomic E-state index is -0.302. The highest BCUT2D eigenvalue weighted by atomic mass is 35.5. The van der Waals surface area contributed by atoms with E-state index in [-0.39, 0.29) is 17.9 Å². The van der Waals surface area contributed by atoms with Crippen LogP contribution < -0.4 is 0 Å². The van der Waals surface area contributed by atoms with Gasteiger partial charge < -0.3 is 10.0 Å². The molecule has 0 radical (unpaired) electrons. The normalized spacial score (nSPS) is 22.3. The van der Waals surface area contributed by atoms with Gasteiger partial charge >= 0.3 is 0 Å². The van der Waals surface area contributed by atoms with E-state index in [4.69, 9.17) is 11.6 Å². The van der Waals surface area contributed by atoms with Crippen molar-refractivity contribution in [2.45, 2.75) is 45.1 Å². The third kappa shape index (κ3) is 3.40. The van der Waals surface area contributed by atoms with Gasteiger partial charge in [0.1, 0.15) is 5.15 Å². The number of aryl methyl sites for hydroxylation is 2. The number of carbonyl (C=O) groups is 1. The van der Waals surface area contributed by atoms with Gasteiger partial charge in [0.05, 0.1) is 17.4 Å². The highest BCUT2D eigenvalue weighted by Gasteiger charge is 2.28. The topological polar surface area (TPSA) is 58.4 Å². The molecule has 0 aromatic carbocycles. The van der Waals surface area contributed by atoms with Crippen molar-refractivity contribution in [1.29, 1.82) is 0 Å². The Hall–Kier alpha value is -1.07. The molecule has 2 atom stereocenters. The number of halogens is 1. The lowest BCUT2D eigenvalue weighted by molar-refractivity contribution is 0.0451. The molecule has 1 aliphatic rings. The molecule has 1 aromatic rings. The van der Waals surface area contributed by atoms with E-state index in [1.807, 2.05) is 6.92 Å². The third-order valence-corrected chi connectivity index (χ3v) is 4.76. The Labute approximate surface area is 130 Å². The van der Waals surface area contributed by atoms with E-state index in [1.54, 1.807) is 19.0 Å². The Morgan fingerprint density at radius 3 is 2.76 bits per heavy atom. The number of aliphatic hydroxyl groups is 1. The maximum atomic E-state index is 12.6. The van der Waals surface area contributed by atoms with Gasteiger partial charge in [-0.3, -0.25) is 9.48 Å². The molecule has 1 aliphatic carbocycles. The van der Waals surface area contributed by atoms with Crippen LogP contribution in [0.4, 0.5) is 0 Å². The Bertz CT molecular complexity index is 515. The Morgan fingerprint density at radius 1 is 1.48 bits per heavy atom. The number of hydrogen-bond donors (Lipinski definition) is 1. The van der Waals surface area contributed by atoms with Crippen molar-refractivity contribution in [2.75, 3.05) is 13.6 Å². The van der Waals surface area contributed by atoms with Gasteiger partial charge in [0, 0.05) is 26.6 Å². The zero-order chi connectivity index (χ0) is 15.6. The second-order valence-electron chi connectivity index (χ2n) is 5.89. The first kappa shape index (κ1) is 16.3. The second kappa shape index (κ2) is 6.79. The smallest absolute Gasteiger partial charge is 0.258 e. The van der Waals surface area contributed by atoms with Crippen LogP contribution in [0.2, 0.25) is 5.15 Å². The van der Waals surface area contributed by atoms with Crippen LogP contribution in [0.15, 0.2) is 0 Å². The summed E-state index contributed by atoms with van der Waals surface area (Å²) in [7, 11) is 3.51. The maximum Gasteiger partial charge on any atom is 0.258 e. The zero-order valence-electron chi connectivity index (χ0n) is 13.0. The van der Waals surface area contributed by atoms with E-state index in [0.29, 0.717) is 23.7 Å². The van der Waals surface area contributed by atoms with Crippen molar-refractivity contribution in [3.63, 3.8) is 0 Å². The van der Waals surface area contributed by atoms with Crippen LogP contribution in [-0.4, -0.2) is 45.4 Å². The molecule has 1 saturated carbocycles. The standard InChI is InChI=1S/C15H24ClN3O2/c1-4-11-13(14(16)19(3)17-11)15(21)18(2)9-10-7-5-6-8-12(10)20/h10,12,20H,4-9H2,1-3H3. The monoisotopic (exact) mass is 313 g/mol. The quantitative estimate of drug-likeness (QED) is 0.927. The Balaban J connectivity index is 2.12. The molecule has 0 saturated heterocycles. The summed E-state index contributed by atoms with van der Waals surface area (Å²) in [6.07, 6.45) is 4.37. The molecule has 1 N–H and O–H groups in total. The van der Waals surface area contributed by atoms with Gasteiger partial charge in [-0.2, -0.15) is 5.10 Å². The van der Waals surface area contributed by atoms with Crippen molar-refractivity contribution in [3.05, 3.63) is 16.4 Å². The number of nitrogens with zero attached hydrogens (tertiary/aromatic N) is 3. The van der Waals surface area contributed by atoms with Gasteiger partial charge in [-0.15, -0.1) is 0 Å². The average Bonchev–Trinajstić information content (AvgIpc) is 2.76. The first-order valence-corrected chi connectivity index (χ1v) is 7.98. The Morgan fingerprint density at radius 2 is 2.14 bits per heavy atom. The van der Waals surface area contributed by atoms with E-state index in [0.717, 1.165) is 31.4 Å². The van der Waals surface area contributed by atoms with E-state index in [2.05, 4.69) is 5.10 Å². The minimum absolute atomic E-state index is 0.109. The lowest BCUT2D eigenvalue weighted by Gasteiger charge is -2.31. The molecule has 1 aromatic heterocycles. The van der Waals surface area contributed by atoms with Crippen molar-refractivity contribution < 1.29 is 9.90 Å². The number of amides is 1. The molecule has 1 heterocycles. The van der Waals surface area contributed by atoms with E-state index in [9.17, 15) is 9.90 Å². The van der Waals surface area contributed by atoms with E-state index in [1.165, 1.54) is 4.68 Å². The zero-order valence-corrected chi connectivity index (χ0v) is 13.7. The summed E-state index contributed by atoms with van der Waals surface area (Å²) in [6.45, 7) is 2.52. The van der Waals surface area contributed by atoms with Gasteiger partial charge in [0.25, 0.3) is 5.91 Å². The molecule has 5 nitrogen and oxygen atoms in total. The predicted octanol–water partition coefficient (Wildman–Crippen LogP) is 2.26. The molecule has 0 spiro atoms.